The summed E-state index contributed by atoms with van der Waals surface area (Å²) in [5, 5.41) is 0. The molecule has 2 heteroatoms. The lowest BCUT2D eigenvalue weighted by Gasteiger charge is -2.08. The van der Waals surface area contributed by atoms with E-state index in [4.69, 9.17) is 5.73 Å². The van der Waals surface area contributed by atoms with E-state index >= 15 is 0 Å². The fraction of sp³-hybridized carbons (Fsp3) is 0.417. The SMILES string of the molecule is C=C(CC(C)C)c1ccc(CN)nc1. The number of nitrogens with zero attached hydrogens (tertiary/aromatic N) is 1. The third-order valence-corrected chi connectivity index (χ3v) is 2.10. The minimum Gasteiger partial charge on any atom is -0.325 e. The maximum Gasteiger partial charge on any atom is 0.0539 e. The summed E-state index contributed by atoms with van der Waals surface area (Å²) >= 11 is 0. The van der Waals surface area contributed by atoms with Crippen LogP contribution in [0.1, 0.15) is 31.5 Å². The van der Waals surface area contributed by atoms with Crippen molar-refractivity contribution in [3.8, 4) is 0 Å². The zero-order valence-electron chi connectivity index (χ0n) is 8.96. The molecule has 2 nitrogen and oxygen atoms in total. The second kappa shape index (κ2) is 4.91. The van der Waals surface area contributed by atoms with Crippen molar-refractivity contribution in [2.45, 2.75) is 26.8 Å². The summed E-state index contributed by atoms with van der Waals surface area (Å²) in [5.74, 6) is 0.636. The number of nitrogens with two attached hydrogens (primary N) is 1. The summed E-state index contributed by atoms with van der Waals surface area (Å²) < 4.78 is 0. The summed E-state index contributed by atoms with van der Waals surface area (Å²) in [6.07, 6.45) is 2.87. The van der Waals surface area contributed by atoms with Crippen LogP contribution in [0.5, 0.6) is 0 Å². The van der Waals surface area contributed by atoms with Crippen LogP contribution < -0.4 is 5.73 Å². The molecule has 0 radical (unpaired) electrons. The maximum atomic E-state index is 5.47. The topological polar surface area (TPSA) is 38.9 Å². The van der Waals surface area contributed by atoms with Gasteiger partial charge in [-0.2, -0.15) is 0 Å². The van der Waals surface area contributed by atoms with Crippen molar-refractivity contribution in [1.82, 2.24) is 4.98 Å². The van der Waals surface area contributed by atoms with Gasteiger partial charge in [-0.25, -0.2) is 0 Å². The van der Waals surface area contributed by atoms with E-state index in [1.165, 1.54) is 0 Å². The van der Waals surface area contributed by atoms with Crippen LogP contribution in [0.3, 0.4) is 0 Å². The number of hydrogen-bond acceptors (Lipinski definition) is 2. The average Bonchev–Trinajstić information content (AvgIpc) is 2.17. The Labute approximate surface area is 85.9 Å². The molecule has 14 heavy (non-hydrogen) atoms. The van der Waals surface area contributed by atoms with Gasteiger partial charge < -0.3 is 5.73 Å². The van der Waals surface area contributed by atoms with E-state index in [1.54, 1.807) is 0 Å². The minimum atomic E-state index is 0.497. The summed E-state index contributed by atoms with van der Waals surface area (Å²) in [7, 11) is 0. The number of hydrogen-bond donors (Lipinski definition) is 1. The zero-order chi connectivity index (χ0) is 10.6. The van der Waals surface area contributed by atoms with E-state index in [0.29, 0.717) is 12.5 Å². The number of pyridine rings is 1. The second-order valence-corrected chi connectivity index (χ2v) is 3.94. The van der Waals surface area contributed by atoms with Crippen molar-refractivity contribution in [1.29, 1.82) is 0 Å². The fourth-order valence-electron chi connectivity index (χ4n) is 1.37. The third-order valence-electron chi connectivity index (χ3n) is 2.10. The fourth-order valence-corrected chi connectivity index (χ4v) is 1.37. The molecule has 1 aromatic heterocycles. The normalized spacial score (nSPS) is 10.6. The Morgan fingerprint density at radius 1 is 1.50 bits per heavy atom. The molecule has 0 amide bonds. The van der Waals surface area contributed by atoms with Crippen molar-refractivity contribution in [2.75, 3.05) is 0 Å². The van der Waals surface area contributed by atoms with Crippen molar-refractivity contribution < 1.29 is 0 Å². The van der Waals surface area contributed by atoms with Crippen molar-refractivity contribution in [3.05, 3.63) is 36.2 Å². The Balaban J connectivity index is 2.71. The highest BCUT2D eigenvalue weighted by atomic mass is 14.7. The largest absolute Gasteiger partial charge is 0.325 e. The van der Waals surface area contributed by atoms with Crippen molar-refractivity contribution >= 4 is 5.57 Å². The van der Waals surface area contributed by atoms with Gasteiger partial charge in [0.25, 0.3) is 0 Å². The highest BCUT2D eigenvalue weighted by Crippen LogP contribution is 2.19. The quantitative estimate of drug-likeness (QED) is 0.792. The van der Waals surface area contributed by atoms with Gasteiger partial charge in [-0.05, 0) is 29.5 Å². The van der Waals surface area contributed by atoms with E-state index in [-0.39, 0.29) is 0 Å². The lowest BCUT2D eigenvalue weighted by atomic mass is 9.99. The van der Waals surface area contributed by atoms with Gasteiger partial charge in [0.15, 0.2) is 0 Å². The average molecular weight is 190 g/mol. The van der Waals surface area contributed by atoms with E-state index in [2.05, 4.69) is 25.4 Å². The number of rotatable bonds is 4. The molecule has 1 heterocycles. The number of aromatic nitrogens is 1. The summed E-state index contributed by atoms with van der Waals surface area (Å²) in [6.45, 7) is 8.92. The van der Waals surface area contributed by atoms with Crippen LogP contribution in [-0.4, -0.2) is 4.98 Å². The van der Waals surface area contributed by atoms with Gasteiger partial charge in [-0.3, -0.25) is 4.98 Å². The van der Waals surface area contributed by atoms with Crippen molar-refractivity contribution in [2.24, 2.45) is 11.7 Å². The molecule has 0 atom stereocenters. The highest BCUT2D eigenvalue weighted by molar-refractivity contribution is 5.62. The van der Waals surface area contributed by atoms with Gasteiger partial charge in [0, 0.05) is 12.7 Å². The molecule has 0 spiro atoms. The van der Waals surface area contributed by atoms with Gasteiger partial charge >= 0.3 is 0 Å². The maximum absolute atomic E-state index is 5.47. The zero-order valence-corrected chi connectivity index (χ0v) is 8.96. The Bertz CT molecular complexity index is 299. The first-order valence-corrected chi connectivity index (χ1v) is 4.96. The van der Waals surface area contributed by atoms with Crippen LogP contribution in [0.15, 0.2) is 24.9 Å². The first kappa shape index (κ1) is 10.9. The minimum absolute atomic E-state index is 0.497. The molecule has 0 saturated heterocycles. The van der Waals surface area contributed by atoms with Gasteiger partial charge in [0.05, 0.1) is 5.69 Å². The van der Waals surface area contributed by atoms with Crippen LogP contribution >= 0.6 is 0 Å². The smallest absolute Gasteiger partial charge is 0.0539 e. The molecule has 76 valence electrons. The van der Waals surface area contributed by atoms with E-state index < -0.39 is 0 Å². The van der Waals surface area contributed by atoms with Crippen molar-refractivity contribution in [3.63, 3.8) is 0 Å². The molecule has 0 aliphatic heterocycles. The molecule has 1 aromatic rings. The van der Waals surface area contributed by atoms with Crippen LogP contribution in [0.2, 0.25) is 0 Å². The monoisotopic (exact) mass is 190 g/mol. The molecule has 2 N–H and O–H groups in total. The van der Waals surface area contributed by atoms with Crippen LogP contribution in [0, 0.1) is 5.92 Å². The molecular weight excluding hydrogens is 172 g/mol. The lowest BCUT2D eigenvalue weighted by Crippen LogP contribution is -1.99. The molecule has 1 rings (SSSR count). The Kier molecular flexibility index (Phi) is 3.84. The molecule has 0 aromatic carbocycles. The molecule has 0 bridgehead atoms. The standard InChI is InChI=1S/C12H18N2/c1-9(2)6-10(3)11-4-5-12(7-13)14-8-11/h4-5,8-9H,3,6-7,13H2,1-2H3. The predicted molar refractivity (Wildman–Crippen MR) is 60.6 cm³/mol. The van der Waals surface area contributed by atoms with Crippen LogP contribution in [0.25, 0.3) is 5.57 Å². The summed E-state index contributed by atoms with van der Waals surface area (Å²) in [5.41, 5.74) is 8.66. The van der Waals surface area contributed by atoms with Gasteiger partial charge in [-0.15, -0.1) is 0 Å². The first-order chi connectivity index (χ1) is 6.63. The molecule has 0 unspecified atom stereocenters. The Morgan fingerprint density at radius 3 is 2.64 bits per heavy atom. The van der Waals surface area contributed by atoms with E-state index in [0.717, 1.165) is 23.3 Å². The van der Waals surface area contributed by atoms with Gasteiger partial charge in [0.2, 0.25) is 0 Å². The highest BCUT2D eigenvalue weighted by Gasteiger charge is 2.02. The van der Waals surface area contributed by atoms with Crippen LogP contribution in [0.4, 0.5) is 0 Å². The second-order valence-electron chi connectivity index (χ2n) is 3.94. The summed E-state index contributed by atoms with van der Waals surface area (Å²) in [4.78, 5) is 4.24. The first-order valence-electron chi connectivity index (χ1n) is 4.96. The lowest BCUT2D eigenvalue weighted by molar-refractivity contribution is 0.674. The number of allylic oxidation sites excluding steroid dienone is 1. The molecular formula is C12H18N2. The Hall–Kier alpha value is -1.15. The van der Waals surface area contributed by atoms with Gasteiger partial charge in [-0.1, -0.05) is 26.5 Å². The molecule has 0 fully saturated rings. The molecule has 0 aliphatic rings. The van der Waals surface area contributed by atoms with Gasteiger partial charge in [0.1, 0.15) is 0 Å². The third kappa shape index (κ3) is 2.96. The Morgan fingerprint density at radius 2 is 2.21 bits per heavy atom. The van der Waals surface area contributed by atoms with E-state index in [9.17, 15) is 0 Å². The van der Waals surface area contributed by atoms with Crippen LogP contribution in [-0.2, 0) is 6.54 Å². The molecule has 0 aliphatic carbocycles. The van der Waals surface area contributed by atoms with E-state index in [1.807, 2.05) is 18.3 Å². The molecule has 0 saturated carbocycles. The predicted octanol–water partition coefficient (Wildman–Crippen LogP) is 2.60. The summed E-state index contributed by atoms with van der Waals surface area (Å²) in [6, 6.07) is 4.00.